The highest BCUT2D eigenvalue weighted by Gasteiger charge is 2.28. The second-order valence-electron chi connectivity index (χ2n) is 6.62. The molecule has 0 aliphatic heterocycles. The molecule has 1 saturated carbocycles. The first-order valence-electron chi connectivity index (χ1n) is 8.44. The van der Waals surface area contributed by atoms with E-state index in [0.717, 1.165) is 32.1 Å². The summed E-state index contributed by atoms with van der Waals surface area (Å²) in [7, 11) is -3.12. The van der Waals surface area contributed by atoms with Crippen molar-refractivity contribution in [2.24, 2.45) is 0 Å². The van der Waals surface area contributed by atoms with Crippen molar-refractivity contribution in [1.29, 1.82) is 0 Å². The van der Waals surface area contributed by atoms with E-state index in [-0.39, 0.29) is 29.4 Å². The third-order valence-corrected chi connectivity index (χ3v) is 6.88. The van der Waals surface area contributed by atoms with Crippen LogP contribution in [0.3, 0.4) is 0 Å². The lowest BCUT2D eigenvalue weighted by Gasteiger charge is -2.16. The van der Waals surface area contributed by atoms with Crippen LogP contribution in [0, 0.1) is 6.92 Å². The van der Waals surface area contributed by atoms with Crippen molar-refractivity contribution in [3.63, 3.8) is 0 Å². The Hall–Kier alpha value is -1.36. The lowest BCUT2D eigenvalue weighted by Crippen LogP contribution is -2.35. The van der Waals surface area contributed by atoms with Crippen molar-refractivity contribution < 1.29 is 13.2 Å². The lowest BCUT2D eigenvalue weighted by molar-refractivity contribution is -0.121. The van der Waals surface area contributed by atoms with Gasteiger partial charge >= 0.3 is 0 Å². The van der Waals surface area contributed by atoms with E-state index < -0.39 is 9.84 Å². The van der Waals surface area contributed by atoms with Gasteiger partial charge in [0.15, 0.2) is 9.84 Å². The van der Waals surface area contributed by atoms with Crippen LogP contribution in [0.25, 0.3) is 0 Å². The molecule has 2 rings (SSSR count). The number of hydrogen-bond acceptors (Lipinski definition) is 3. The fourth-order valence-corrected chi connectivity index (χ4v) is 5.07. The van der Waals surface area contributed by atoms with Crippen molar-refractivity contribution >= 4 is 15.7 Å². The van der Waals surface area contributed by atoms with Gasteiger partial charge in [0, 0.05) is 12.5 Å². The van der Waals surface area contributed by atoms with Crippen LogP contribution in [0.1, 0.15) is 50.2 Å². The Kier molecular flexibility index (Phi) is 6.22. The average molecular weight is 337 g/mol. The van der Waals surface area contributed by atoms with E-state index in [1.165, 1.54) is 11.1 Å². The summed E-state index contributed by atoms with van der Waals surface area (Å²) >= 11 is 0. The van der Waals surface area contributed by atoms with Crippen molar-refractivity contribution in [1.82, 2.24) is 5.32 Å². The predicted molar refractivity (Wildman–Crippen MR) is 93.1 cm³/mol. The first-order valence-corrected chi connectivity index (χ1v) is 10.2. The summed E-state index contributed by atoms with van der Waals surface area (Å²) in [5, 5.41) is 2.69. The number of aryl methyl sites for hydroxylation is 1. The number of sulfone groups is 1. The van der Waals surface area contributed by atoms with Gasteiger partial charge in [-0.3, -0.25) is 4.79 Å². The third kappa shape index (κ3) is 5.34. The van der Waals surface area contributed by atoms with Crippen LogP contribution in [0.5, 0.6) is 0 Å². The molecule has 4 nitrogen and oxygen atoms in total. The summed E-state index contributed by atoms with van der Waals surface area (Å²) in [5.41, 5.74) is 2.41. The topological polar surface area (TPSA) is 63.2 Å². The van der Waals surface area contributed by atoms with Gasteiger partial charge in [0.2, 0.25) is 5.91 Å². The molecule has 0 bridgehead atoms. The molecule has 1 atom stereocenters. The van der Waals surface area contributed by atoms with Crippen molar-refractivity contribution in [2.45, 2.75) is 63.7 Å². The van der Waals surface area contributed by atoms with E-state index in [2.05, 4.69) is 24.4 Å². The van der Waals surface area contributed by atoms with Crippen LogP contribution < -0.4 is 5.32 Å². The summed E-state index contributed by atoms with van der Waals surface area (Å²) in [6, 6.07) is 8.10. The van der Waals surface area contributed by atoms with E-state index in [9.17, 15) is 13.2 Å². The number of amides is 1. The number of hydrogen-bond donors (Lipinski definition) is 1. The molecule has 0 aromatic heterocycles. The Balaban J connectivity index is 1.79. The molecule has 1 amide bonds. The molecule has 0 unspecified atom stereocenters. The molecule has 1 aromatic carbocycles. The molecule has 0 spiro atoms. The first-order chi connectivity index (χ1) is 10.9. The Bertz CT molecular complexity index is 633. The van der Waals surface area contributed by atoms with Gasteiger partial charge in [0.25, 0.3) is 0 Å². The van der Waals surface area contributed by atoms with Crippen LogP contribution in [-0.4, -0.2) is 31.4 Å². The molecule has 0 heterocycles. The van der Waals surface area contributed by atoms with Crippen molar-refractivity contribution in [3.05, 3.63) is 35.4 Å². The number of nitrogens with one attached hydrogen (secondary N) is 1. The second kappa shape index (κ2) is 7.95. The normalized spacial score (nSPS) is 17.1. The standard InChI is InChI=1S/C18H27NO3S/c1-14-7-3-4-8-16(14)13-15(2)19-18(20)11-12-23(21,22)17-9-5-6-10-17/h3-4,7-8,15,17H,5-6,9-13H2,1-2H3,(H,19,20)/t15-/m1/s1. The number of benzene rings is 1. The van der Waals surface area contributed by atoms with Crippen LogP contribution >= 0.6 is 0 Å². The number of carbonyl (C=O) groups excluding carboxylic acids is 1. The fraction of sp³-hybridized carbons (Fsp3) is 0.611. The first kappa shape index (κ1) is 18.0. The highest BCUT2D eigenvalue weighted by Crippen LogP contribution is 2.25. The molecular formula is C18H27NO3S. The Morgan fingerprint density at radius 1 is 1.26 bits per heavy atom. The molecule has 1 fully saturated rings. The van der Waals surface area contributed by atoms with Gasteiger partial charge in [-0.25, -0.2) is 8.42 Å². The number of rotatable bonds is 7. The van der Waals surface area contributed by atoms with Gasteiger partial charge in [0.1, 0.15) is 0 Å². The molecule has 1 aliphatic rings. The van der Waals surface area contributed by atoms with Crippen molar-refractivity contribution in [3.8, 4) is 0 Å². The molecule has 0 radical (unpaired) electrons. The zero-order chi connectivity index (χ0) is 16.9. The van der Waals surface area contributed by atoms with Gasteiger partial charge in [0.05, 0.1) is 11.0 Å². The van der Waals surface area contributed by atoms with Gasteiger partial charge < -0.3 is 5.32 Å². The van der Waals surface area contributed by atoms with E-state index in [1.54, 1.807) is 0 Å². The van der Waals surface area contributed by atoms with Crippen LogP contribution in [0.2, 0.25) is 0 Å². The summed E-state index contributed by atoms with van der Waals surface area (Å²) in [6.07, 6.45) is 4.32. The highest BCUT2D eigenvalue weighted by atomic mass is 32.2. The minimum Gasteiger partial charge on any atom is -0.353 e. The van der Waals surface area contributed by atoms with Gasteiger partial charge in [-0.1, -0.05) is 37.1 Å². The van der Waals surface area contributed by atoms with Gasteiger partial charge in [-0.15, -0.1) is 0 Å². The maximum absolute atomic E-state index is 12.2. The van der Waals surface area contributed by atoms with Gasteiger partial charge in [-0.05, 0) is 44.2 Å². The summed E-state index contributed by atoms with van der Waals surface area (Å²) in [5.74, 6) is -0.201. The summed E-state index contributed by atoms with van der Waals surface area (Å²) in [4.78, 5) is 12.0. The van der Waals surface area contributed by atoms with Crippen LogP contribution in [0.4, 0.5) is 0 Å². The molecule has 1 N–H and O–H groups in total. The minimum atomic E-state index is -3.12. The fourth-order valence-electron chi connectivity index (χ4n) is 3.22. The molecule has 5 heteroatoms. The third-order valence-electron chi connectivity index (χ3n) is 4.62. The maximum atomic E-state index is 12.2. The average Bonchev–Trinajstić information content (AvgIpc) is 3.03. The largest absolute Gasteiger partial charge is 0.353 e. The molecule has 1 aliphatic carbocycles. The molecule has 23 heavy (non-hydrogen) atoms. The van der Waals surface area contributed by atoms with Crippen molar-refractivity contribution in [2.75, 3.05) is 5.75 Å². The summed E-state index contributed by atoms with van der Waals surface area (Å²) < 4.78 is 24.4. The summed E-state index contributed by atoms with van der Waals surface area (Å²) in [6.45, 7) is 4.01. The zero-order valence-corrected chi connectivity index (χ0v) is 14.9. The molecule has 0 saturated heterocycles. The highest BCUT2D eigenvalue weighted by molar-refractivity contribution is 7.92. The second-order valence-corrected chi connectivity index (χ2v) is 9.02. The molecule has 128 valence electrons. The zero-order valence-electron chi connectivity index (χ0n) is 14.0. The Morgan fingerprint density at radius 2 is 1.91 bits per heavy atom. The van der Waals surface area contributed by atoms with E-state index >= 15 is 0 Å². The van der Waals surface area contributed by atoms with Crippen LogP contribution in [-0.2, 0) is 21.1 Å². The smallest absolute Gasteiger partial charge is 0.221 e. The van der Waals surface area contributed by atoms with E-state index in [1.807, 2.05) is 19.1 Å². The quantitative estimate of drug-likeness (QED) is 0.832. The van der Waals surface area contributed by atoms with Crippen LogP contribution in [0.15, 0.2) is 24.3 Å². The van der Waals surface area contributed by atoms with E-state index in [0.29, 0.717) is 0 Å². The predicted octanol–water partition coefficient (Wildman–Crippen LogP) is 2.79. The monoisotopic (exact) mass is 337 g/mol. The Labute approximate surface area is 139 Å². The minimum absolute atomic E-state index is 0.00205. The lowest BCUT2D eigenvalue weighted by atomic mass is 10.0. The Morgan fingerprint density at radius 3 is 2.57 bits per heavy atom. The molecule has 1 aromatic rings. The number of carbonyl (C=O) groups is 1. The SMILES string of the molecule is Cc1ccccc1C[C@@H](C)NC(=O)CCS(=O)(=O)C1CCCC1. The van der Waals surface area contributed by atoms with E-state index in [4.69, 9.17) is 0 Å². The molecular weight excluding hydrogens is 310 g/mol. The van der Waals surface area contributed by atoms with Gasteiger partial charge in [-0.2, -0.15) is 0 Å². The maximum Gasteiger partial charge on any atom is 0.221 e.